The van der Waals surface area contributed by atoms with Crippen LogP contribution in [0, 0.1) is 13.8 Å². The average Bonchev–Trinajstić information content (AvgIpc) is 2.97. The molecule has 0 unspecified atom stereocenters. The smallest absolute Gasteiger partial charge is 0.166 e. The number of hydrogen-bond donors (Lipinski definition) is 1. The fraction of sp³-hybridized carbons (Fsp3) is 0.294. The molecule has 120 valence electrons. The summed E-state index contributed by atoms with van der Waals surface area (Å²) in [6.45, 7) is 3.26. The molecule has 5 nitrogen and oxygen atoms in total. The second kappa shape index (κ2) is 6.50. The summed E-state index contributed by atoms with van der Waals surface area (Å²) < 4.78 is 49.2. The van der Waals surface area contributed by atoms with Crippen LogP contribution >= 0.6 is 11.8 Å². The van der Waals surface area contributed by atoms with E-state index >= 15 is 0 Å². The molecule has 2 aromatic heterocycles. The molecule has 0 bridgehead atoms. The molecule has 0 aliphatic rings. The minimum atomic E-state index is -2.63. The van der Waals surface area contributed by atoms with Crippen LogP contribution in [0.3, 0.4) is 0 Å². The fourth-order valence-corrected chi connectivity index (χ4v) is 2.92. The van der Waals surface area contributed by atoms with E-state index in [4.69, 9.17) is 16.3 Å². The summed E-state index contributed by atoms with van der Waals surface area (Å²) in [6.07, 6.45) is 1.41. The van der Waals surface area contributed by atoms with Crippen molar-refractivity contribution >= 4 is 22.8 Å². The van der Waals surface area contributed by atoms with Gasteiger partial charge in [0.1, 0.15) is 11.5 Å². The van der Waals surface area contributed by atoms with Crippen molar-refractivity contribution in [2.75, 3.05) is 14.1 Å². The number of aromatic amines is 1. The molecule has 0 saturated carbocycles. The van der Waals surface area contributed by atoms with E-state index in [0.29, 0.717) is 27.5 Å². The molecule has 0 radical (unpaired) electrons. The van der Waals surface area contributed by atoms with E-state index in [2.05, 4.69) is 15.0 Å². The third kappa shape index (κ3) is 3.12. The first-order valence-corrected chi connectivity index (χ1v) is 7.70. The maximum atomic E-state index is 8.48. The molecule has 3 rings (SSSR count). The van der Waals surface area contributed by atoms with Crippen LogP contribution in [0.25, 0.3) is 11.0 Å². The van der Waals surface area contributed by atoms with Gasteiger partial charge in [-0.1, -0.05) is 11.8 Å². The van der Waals surface area contributed by atoms with Crippen molar-refractivity contribution in [3.63, 3.8) is 0 Å². The van der Waals surface area contributed by atoms with Gasteiger partial charge >= 0.3 is 0 Å². The Morgan fingerprint density at radius 2 is 2.22 bits per heavy atom. The van der Waals surface area contributed by atoms with Crippen LogP contribution in [-0.2, 0) is 5.70 Å². The SMILES string of the molecule is [2H]C([2H])([2H])Oc1c(C)cnc(C([2H])([2H])Sc2nc3ccc(OC)cc3[nH]2)c1C. The monoisotopic (exact) mass is 334 g/mol. The van der Waals surface area contributed by atoms with Gasteiger partial charge in [-0.3, -0.25) is 4.98 Å². The van der Waals surface area contributed by atoms with Crippen molar-refractivity contribution in [3.8, 4) is 11.5 Å². The van der Waals surface area contributed by atoms with E-state index in [0.717, 1.165) is 17.3 Å². The number of rotatable bonds is 5. The Morgan fingerprint density at radius 1 is 1.35 bits per heavy atom. The zero-order chi connectivity index (χ0) is 20.7. The topological polar surface area (TPSA) is 60.0 Å². The lowest BCUT2D eigenvalue weighted by Gasteiger charge is -2.11. The number of benzene rings is 1. The van der Waals surface area contributed by atoms with Gasteiger partial charge < -0.3 is 14.5 Å². The summed E-state index contributed by atoms with van der Waals surface area (Å²) in [5, 5.41) is 0.369. The summed E-state index contributed by atoms with van der Waals surface area (Å²) in [5.41, 5.74) is 0.375. The first kappa shape index (κ1) is 10.5. The van der Waals surface area contributed by atoms with E-state index < -0.39 is 12.7 Å². The van der Waals surface area contributed by atoms with Crippen molar-refractivity contribution in [1.29, 1.82) is 0 Å². The van der Waals surface area contributed by atoms with Gasteiger partial charge in [0.05, 0.1) is 35.0 Å². The molecule has 0 aliphatic heterocycles. The van der Waals surface area contributed by atoms with Crippen molar-refractivity contribution in [1.82, 2.24) is 15.0 Å². The van der Waals surface area contributed by atoms with Crippen molar-refractivity contribution in [2.24, 2.45) is 0 Å². The zero-order valence-electron chi connectivity index (χ0n) is 17.9. The lowest BCUT2D eigenvalue weighted by Crippen LogP contribution is -1.98. The number of nitrogens with zero attached hydrogens (tertiary/aromatic N) is 2. The highest BCUT2D eigenvalue weighted by Crippen LogP contribution is 2.29. The molecule has 0 spiro atoms. The highest BCUT2D eigenvalue weighted by atomic mass is 32.2. The Labute approximate surface area is 146 Å². The number of ether oxygens (including phenoxy) is 2. The standard InChI is InChI=1S/C17H19N3O2S/c1-10-8-18-15(11(2)16(10)22-4)9-23-17-19-13-6-5-12(21-3)7-14(13)20-17/h5-8H,9H2,1-4H3,(H,19,20)/i4D3,9D2. The number of aryl methyl sites for hydroxylation is 1. The Balaban J connectivity index is 1.95. The number of methoxy groups -OCH3 is 2. The van der Waals surface area contributed by atoms with Gasteiger partial charge in [-0.15, -0.1) is 0 Å². The van der Waals surface area contributed by atoms with Crippen LogP contribution in [0.2, 0.25) is 0 Å². The highest BCUT2D eigenvalue weighted by molar-refractivity contribution is 7.98. The summed E-state index contributed by atoms with van der Waals surface area (Å²) in [4.78, 5) is 11.6. The molecule has 1 aromatic carbocycles. The number of aromatic nitrogens is 3. The van der Waals surface area contributed by atoms with Gasteiger partial charge in [0, 0.05) is 31.8 Å². The summed E-state index contributed by atoms with van der Waals surface area (Å²) >= 11 is 0.852. The van der Waals surface area contributed by atoms with Crippen molar-refractivity contribution < 1.29 is 16.3 Å². The third-order valence-electron chi connectivity index (χ3n) is 3.46. The van der Waals surface area contributed by atoms with Crippen molar-refractivity contribution in [2.45, 2.75) is 24.7 Å². The minimum absolute atomic E-state index is 0.0837. The van der Waals surface area contributed by atoms with Crippen LogP contribution in [0.4, 0.5) is 0 Å². The van der Waals surface area contributed by atoms with Gasteiger partial charge in [-0.25, -0.2) is 4.98 Å². The Morgan fingerprint density at radius 3 is 3.00 bits per heavy atom. The third-order valence-corrected chi connectivity index (χ3v) is 4.14. The first-order valence-electron chi connectivity index (χ1n) is 9.38. The normalized spacial score (nSPS) is 15.3. The van der Waals surface area contributed by atoms with Crippen LogP contribution in [0.15, 0.2) is 29.6 Å². The minimum Gasteiger partial charge on any atom is -0.497 e. The van der Waals surface area contributed by atoms with Gasteiger partial charge in [-0.05, 0) is 26.0 Å². The van der Waals surface area contributed by atoms with Crippen molar-refractivity contribution in [3.05, 3.63) is 41.2 Å². The van der Waals surface area contributed by atoms with Crippen LogP contribution in [-0.4, -0.2) is 29.1 Å². The number of thioether (sulfide) groups is 1. The predicted molar refractivity (Wildman–Crippen MR) is 92.5 cm³/mol. The highest BCUT2D eigenvalue weighted by Gasteiger charge is 2.11. The van der Waals surface area contributed by atoms with E-state index in [1.165, 1.54) is 6.20 Å². The number of nitrogens with one attached hydrogen (secondary N) is 1. The van der Waals surface area contributed by atoms with Crippen LogP contribution in [0.5, 0.6) is 11.5 Å². The zero-order valence-corrected chi connectivity index (χ0v) is 13.7. The molecule has 1 N–H and O–H groups in total. The van der Waals surface area contributed by atoms with E-state index in [9.17, 15) is 0 Å². The number of pyridine rings is 1. The molecule has 6 heteroatoms. The molecule has 0 amide bonds. The van der Waals surface area contributed by atoms with Gasteiger partial charge in [0.25, 0.3) is 0 Å². The Hall–Kier alpha value is -2.21. The fourth-order valence-electron chi connectivity index (χ4n) is 2.22. The lowest BCUT2D eigenvalue weighted by atomic mass is 10.1. The summed E-state index contributed by atoms with van der Waals surface area (Å²) in [7, 11) is -1.07. The lowest BCUT2D eigenvalue weighted by molar-refractivity contribution is 0.407. The second-order valence-corrected chi connectivity index (χ2v) is 5.77. The molecule has 23 heavy (non-hydrogen) atoms. The molecule has 3 aromatic rings. The number of imidazole rings is 1. The molecular weight excluding hydrogens is 310 g/mol. The molecular formula is C17H19N3O2S. The molecule has 0 fully saturated rings. The van der Waals surface area contributed by atoms with E-state index in [1.807, 2.05) is 0 Å². The predicted octanol–water partition coefficient (Wildman–Crippen LogP) is 3.88. The van der Waals surface area contributed by atoms with Gasteiger partial charge in [0.2, 0.25) is 0 Å². The van der Waals surface area contributed by atoms with E-state index in [-0.39, 0.29) is 11.4 Å². The largest absolute Gasteiger partial charge is 0.497 e. The summed E-state index contributed by atoms with van der Waals surface area (Å²) in [5.74, 6) is 0.780. The summed E-state index contributed by atoms with van der Waals surface area (Å²) in [6, 6.07) is 5.33. The molecule has 2 heterocycles. The molecule has 0 aliphatic carbocycles. The van der Waals surface area contributed by atoms with Gasteiger partial charge in [-0.2, -0.15) is 0 Å². The average molecular weight is 334 g/mol. The molecule has 0 atom stereocenters. The van der Waals surface area contributed by atoms with Crippen LogP contribution in [0.1, 0.15) is 23.7 Å². The number of H-pyrrole nitrogens is 1. The number of hydrogen-bond acceptors (Lipinski definition) is 5. The Kier molecular flexibility index (Phi) is 2.98. The second-order valence-electron chi connectivity index (χ2n) is 4.98. The maximum absolute atomic E-state index is 8.48. The number of fused-ring (bicyclic) bond motifs is 1. The van der Waals surface area contributed by atoms with Gasteiger partial charge in [0.15, 0.2) is 5.16 Å². The Bertz CT molecular complexity index is 1020. The molecule has 0 saturated heterocycles. The quantitative estimate of drug-likeness (QED) is 0.717. The maximum Gasteiger partial charge on any atom is 0.166 e. The first-order chi connectivity index (χ1) is 13.0. The van der Waals surface area contributed by atoms with E-state index in [1.54, 1.807) is 39.2 Å². The van der Waals surface area contributed by atoms with Crippen LogP contribution < -0.4 is 9.47 Å².